The maximum atomic E-state index is 6.81. The van der Waals surface area contributed by atoms with E-state index in [1.54, 1.807) is 0 Å². The number of nitrogens with zero attached hydrogens (tertiary/aromatic N) is 4. The number of hydrogen-bond donors (Lipinski definition) is 4. The van der Waals surface area contributed by atoms with Gasteiger partial charge in [0.05, 0.1) is 107 Å². The zero-order chi connectivity index (χ0) is 97.5. The predicted octanol–water partition coefficient (Wildman–Crippen LogP) is 35.2. The van der Waals surface area contributed by atoms with Gasteiger partial charge in [0.15, 0.2) is 0 Å². The van der Waals surface area contributed by atoms with Crippen molar-refractivity contribution in [3.63, 3.8) is 0 Å². The van der Waals surface area contributed by atoms with E-state index in [1.807, 2.05) is 36.4 Å². The van der Waals surface area contributed by atoms with E-state index in [4.69, 9.17) is 48.4 Å². The first-order valence-electron chi connectivity index (χ1n) is 53.9. The fourth-order valence-electron chi connectivity index (χ4n) is 19.3. The van der Waals surface area contributed by atoms with Crippen molar-refractivity contribution in [2.24, 2.45) is 0 Å². The van der Waals surface area contributed by atoms with Gasteiger partial charge in [0.2, 0.25) is 0 Å². The average molecular weight is 1890 g/mol. The first kappa shape index (κ1) is 101. The number of hydrogen-bond acceptors (Lipinski definition) is 10. The molecule has 4 aliphatic heterocycles. The normalized spacial score (nSPS) is 11.8. The smallest absolute Gasteiger partial charge is 0.123 e. The Balaban J connectivity index is 0.890. The van der Waals surface area contributed by atoms with Crippen LogP contribution in [0.5, 0.6) is 34.5 Å². The molecule has 0 unspecified atom stereocenters. The number of rotatable bonds is 53. The van der Waals surface area contributed by atoms with Crippen molar-refractivity contribution in [1.29, 1.82) is 0 Å². The third-order valence-electron chi connectivity index (χ3n) is 27.1. The standard InChI is InChI=1S/C128H146N8O6/c1-7-13-19-25-31-43-77-137-102-83-97(84-103(90-102)138-78-44-32-26-20-14-8-2)126-114-63-59-100(129-114)89-101-60-64-115(130-101)127(98-85-104(139-79-45-33-27-21-15-9-3)91-105(86-98)140-80-46-34-28-22-16-10-4)123-76-74-119(136-123)125(118-73-75-122(126)135-118)96-57-55-95(56-58-96)124-116-69-65-110(131-116)108(61-53-93-49-39-37-40-50-93)112-67-71-120(133-112)128(121-72-68-113(134-121)109(111-66-70-117(124)132-111)62-54-94-51-41-38-42-52-94)99-87-106(141-81-47-35-29-23-17-11-5)92-107(88-99)142-82-48-36-30-24-18-12-6/h37-42,49-52,55-60,63-76,83-92,129,131,134,136H,7-36,43-48,77-82H2,1-6H3. The number of aromatic nitrogens is 8. The maximum absolute atomic E-state index is 6.81. The summed E-state index contributed by atoms with van der Waals surface area (Å²) in [5.74, 6) is 19.1. The van der Waals surface area contributed by atoms with Gasteiger partial charge in [0, 0.05) is 90.2 Å². The van der Waals surface area contributed by atoms with Crippen molar-refractivity contribution in [2.45, 2.75) is 273 Å². The molecule has 734 valence electrons. The number of nitrogens with one attached hydrogen (secondary N) is 4. The third-order valence-corrected chi connectivity index (χ3v) is 27.1. The molecule has 142 heavy (non-hydrogen) atoms. The summed E-state index contributed by atoms with van der Waals surface area (Å²) in [7, 11) is 0. The number of fused-ring (bicyclic) bond motifs is 16. The lowest BCUT2D eigenvalue weighted by atomic mass is 9.98. The number of aromatic amines is 4. The van der Waals surface area contributed by atoms with Crippen LogP contribution in [0.1, 0.15) is 340 Å². The van der Waals surface area contributed by atoms with Crippen LogP contribution in [0.4, 0.5) is 0 Å². The minimum atomic E-state index is 0.600. The van der Waals surface area contributed by atoms with E-state index in [0.29, 0.717) is 51.0 Å². The highest BCUT2D eigenvalue weighted by Gasteiger charge is 2.24. The Morgan fingerprint density at radius 1 is 0.204 bits per heavy atom. The molecule has 0 aliphatic carbocycles. The van der Waals surface area contributed by atoms with Gasteiger partial charge in [-0.2, -0.15) is 0 Å². The Bertz CT molecular complexity index is 6550. The van der Waals surface area contributed by atoms with Gasteiger partial charge < -0.3 is 48.4 Å². The van der Waals surface area contributed by atoms with Crippen LogP contribution >= 0.6 is 0 Å². The molecule has 0 saturated heterocycles. The van der Waals surface area contributed by atoms with E-state index >= 15 is 0 Å². The van der Waals surface area contributed by atoms with Crippen molar-refractivity contribution in [2.75, 3.05) is 39.6 Å². The Morgan fingerprint density at radius 2 is 0.451 bits per heavy atom. The number of benzene rings is 6. The first-order valence-corrected chi connectivity index (χ1v) is 53.9. The fraction of sp³-hybridized carbons (Fsp3) is 0.375. The monoisotopic (exact) mass is 1890 g/mol. The van der Waals surface area contributed by atoms with Gasteiger partial charge in [-0.25, -0.2) is 19.9 Å². The van der Waals surface area contributed by atoms with Gasteiger partial charge in [-0.05, 0) is 230 Å². The zero-order valence-electron chi connectivity index (χ0n) is 85.0. The second-order valence-electron chi connectivity index (χ2n) is 38.4. The van der Waals surface area contributed by atoms with Crippen molar-refractivity contribution in [1.82, 2.24) is 39.9 Å². The van der Waals surface area contributed by atoms with Gasteiger partial charge in [0.25, 0.3) is 0 Å². The van der Waals surface area contributed by atoms with Crippen LogP contribution in [0, 0.1) is 23.7 Å². The molecule has 4 N–H and O–H groups in total. The minimum absolute atomic E-state index is 0.600. The van der Waals surface area contributed by atoms with E-state index in [2.05, 4.69) is 291 Å². The molecule has 0 saturated carbocycles. The highest BCUT2D eigenvalue weighted by atomic mass is 16.5. The summed E-state index contributed by atoms with van der Waals surface area (Å²) in [5, 5.41) is 0. The van der Waals surface area contributed by atoms with E-state index < -0.39 is 0 Å². The number of unbranched alkanes of at least 4 members (excludes halogenated alkanes) is 30. The Labute approximate surface area is 843 Å². The molecule has 0 fully saturated rings. The maximum Gasteiger partial charge on any atom is 0.123 e. The van der Waals surface area contributed by atoms with Crippen LogP contribution in [0.15, 0.2) is 194 Å². The first-order chi connectivity index (χ1) is 70.2. The van der Waals surface area contributed by atoms with Crippen LogP contribution in [-0.4, -0.2) is 79.5 Å². The third kappa shape index (κ3) is 28.5. The second kappa shape index (κ2) is 53.9. The van der Waals surface area contributed by atoms with E-state index in [0.717, 1.165) is 268 Å². The molecule has 0 atom stereocenters. The lowest BCUT2D eigenvalue weighted by molar-refractivity contribution is 0.289. The SMILES string of the molecule is CCCCCCCCOc1cc(OCCCCCCCC)cc(-c2c3nc(c(-c4ccc(-c5c6nc(c(C#Cc7ccccc7)c7ccc([nH]7)c(-c7cc(OCCCCCCCC)cc(OCCCCCCCC)c7)c7nc(c(C#Cc8ccccc8)c8ccc5[nH]8)C=C7)C=C6)cc4)c4ccc([nH]4)c(-c4cc(OCCCCCCCC)cc(OCCCCCCCC)c4)c4nc(cc5ccc2[nH]5)C=C4)C=C3)c1. The Hall–Kier alpha value is -13.6. The van der Waals surface area contributed by atoms with E-state index in [-0.39, 0.29) is 0 Å². The molecule has 12 aromatic rings. The summed E-state index contributed by atoms with van der Waals surface area (Å²) in [4.78, 5) is 38.8. The summed E-state index contributed by atoms with van der Waals surface area (Å²) in [6.07, 6.45) is 58.9. The van der Waals surface area contributed by atoms with Crippen LogP contribution < -0.4 is 28.4 Å². The molecule has 6 aromatic carbocycles. The van der Waals surface area contributed by atoms with Gasteiger partial charge in [-0.1, -0.05) is 319 Å². The highest BCUT2D eigenvalue weighted by molar-refractivity contribution is 6.01. The molecule has 10 heterocycles. The molecule has 0 amide bonds. The van der Waals surface area contributed by atoms with Gasteiger partial charge in [-0.3, -0.25) is 0 Å². The van der Waals surface area contributed by atoms with Crippen LogP contribution in [0.3, 0.4) is 0 Å². The summed E-state index contributed by atoms with van der Waals surface area (Å²) >= 11 is 0. The van der Waals surface area contributed by atoms with Crippen LogP contribution in [0.25, 0.3) is 148 Å². The van der Waals surface area contributed by atoms with Crippen LogP contribution in [0.2, 0.25) is 0 Å². The minimum Gasteiger partial charge on any atom is -0.493 e. The molecule has 16 bridgehead atoms. The fourth-order valence-corrected chi connectivity index (χ4v) is 19.3. The van der Waals surface area contributed by atoms with Crippen molar-refractivity contribution in [3.8, 4) is 114 Å². The molecule has 16 rings (SSSR count). The molecular formula is C128H146N8O6. The molecule has 14 heteroatoms. The number of H-pyrrole nitrogens is 4. The molecule has 0 spiro atoms. The largest absolute Gasteiger partial charge is 0.493 e. The quantitative estimate of drug-likeness (QED) is 0.0213. The summed E-state index contributed by atoms with van der Waals surface area (Å²) < 4.78 is 40.8. The molecule has 4 aliphatic rings. The lowest BCUT2D eigenvalue weighted by Gasteiger charge is -2.14. The topological polar surface area (TPSA) is 170 Å². The van der Waals surface area contributed by atoms with Crippen molar-refractivity contribution < 1.29 is 28.4 Å². The molecule has 0 radical (unpaired) electrons. The average Bonchev–Trinajstić information content (AvgIpc) is 1.61. The molecular weight excluding hydrogens is 1750 g/mol. The molecule has 14 nitrogen and oxygen atoms in total. The highest BCUT2D eigenvalue weighted by Crippen LogP contribution is 2.44. The van der Waals surface area contributed by atoms with Crippen LogP contribution in [-0.2, 0) is 0 Å². The molecule has 6 aromatic heterocycles. The van der Waals surface area contributed by atoms with Crippen molar-refractivity contribution >= 4 is 92.7 Å². The Morgan fingerprint density at radius 3 is 0.768 bits per heavy atom. The van der Waals surface area contributed by atoms with Gasteiger partial charge in [-0.15, -0.1) is 0 Å². The van der Waals surface area contributed by atoms with E-state index in [9.17, 15) is 0 Å². The summed E-state index contributed by atoms with van der Waals surface area (Å²) in [5.41, 5.74) is 25.1. The second-order valence-corrected chi connectivity index (χ2v) is 38.4. The Kier molecular flexibility index (Phi) is 38.5. The zero-order valence-corrected chi connectivity index (χ0v) is 85.0. The summed E-state index contributed by atoms with van der Waals surface area (Å²) in [6.45, 7) is 17.2. The van der Waals surface area contributed by atoms with Gasteiger partial charge >= 0.3 is 0 Å². The van der Waals surface area contributed by atoms with E-state index in [1.165, 1.54) is 154 Å². The summed E-state index contributed by atoms with van der Waals surface area (Å²) in [6, 6.07) is 68.0. The van der Waals surface area contributed by atoms with Gasteiger partial charge in [0.1, 0.15) is 34.5 Å². The lowest BCUT2D eigenvalue weighted by Crippen LogP contribution is -2.01. The van der Waals surface area contributed by atoms with Crippen molar-refractivity contribution in [3.05, 3.63) is 262 Å². The predicted molar refractivity (Wildman–Crippen MR) is 597 cm³/mol. The number of ether oxygens (including phenoxy) is 6.